The molecule has 2 heterocycles. The predicted molar refractivity (Wildman–Crippen MR) is 86.5 cm³/mol. The van der Waals surface area contributed by atoms with Crippen molar-refractivity contribution < 1.29 is 19.1 Å². The fraction of sp³-hybridized carbons (Fsp3) is 0.118. The summed E-state index contributed by atoms with van der Waals surface area (Å²) in [5, 5.41) is 22.4. The van der Waals surface area contributed by atoms with Crippen molar-refractivity contribution in [1.29, 1.82) is 0 Å². The number of nitro groups is 1. The third-order valence-electron chi connectivity index (χ3n) is 4.02. The summed E-state index contributed by atoms with van der Waals surface area (Å²) in [7, 11) is 0. The van der Waals surface area contributed by atoms with Gasteiger partial charge >= 0.3 is 0 Å². The number of hydrogen-bond donors (Lipinski definition) is 1. The van der Waals surface area contributed by atoms with E-state index in [9.17, 15) is 25.1 Å². The number of nitrogens with zero attached hydrogens (tertiary/aromatic N) is 3. The highest BCUT2D eigenvalue weighted by atomic mass is 16.6. The molecule has 0 radical (unpaired) electrons. The van der Waals surface area contributed by atoms with E-state index in [0.29, 0.717) is 5.56 Å². The summed E-state index contributed by atoms with van der Waals surface area (Å²) in [6, 6.07) is 9.87. The number of benzene rings is 1. The molecule has 1 N–H and O–H groups in total. The molecular weight excluding hydrogens is 324 g/mol. The van der Waals surface area contributed by atoms with Crippen LogP contribution in [0.1, 0.15) is 17.5 Å². The average Bonchev–Trinajstić information content (AvgIpc) is 2.62. The van der Waals surface area contributed by atoms with Crippen LogP contribution in [0.2, 0.25) is 0 Å². The highest BCUT2D eigenvalue weighted by Crippen LogP contribution is 2.35. The zero-order chi connectivity index (χ0) is 18.0. The highest BCUT2D eigenvalue weighted by Gasteiger charge is 2.46. The van der Waals surface area contributed by atoms with E-state index in [0.717, 1.165) is 0 Å². The Morgan fingerprint density at radius 3 is 2.32 bits per heavy atom. The zero-order valence-electron chi connectivity index (χ0n) is 12.8. The van der Waals surface area contributed by atoms with Crippen molar-refractivity contribution in [3.8, 4) is 0 Å². The molecule has 124 valence electrons. The standard InChI is InChI=1S/C17H12N4O4/c18-10-13-14(11-4-6-12(7-5-11)21(24)25)15(17(23)19-16(13)22)20-8-2-1-3-9-20/h1-9,14-15H,(H,19,22,23)/t14-,15+/m0/s1. The normalized spacial score (nSPS) is 19.9. The van der Waals surface area contributed by atoms with Crippen molar-refractivity contribution in [3.63, 3.8) is 0 Å². The minimum atomic E-state index is -0.852. The van der Waals surface area contributed by atoms with Crippen molar-refractivity contribution in [3.05, 3.63) is 81.5 Å². The van der Waals surface area contributed by atoms with E-state index < -0.39 is 28.7 Å². The number of carbonyl (C=O) groups is 2. The molecule has 1 aliphatic rings. The Morgan fingerprint density at radius 2 is 1.76 bits per heavy atom. The van der Waals surface area contributed by atoms with Crippen LogP contribution in [0.4, 0.5) is 5.69 Å². The van der Waals surface area contributed by atoms with Crippen molar-refractivity contribution in [2.45, 2.75) is 12.0 Å². The number of pyridine rings is 1. The van der Waals surface area contributed by atoms with Crippen LogP contribution in [0.25, 0.3) is 5.41 Å². The Morgan fingerprint density at radius 1 is 1.12 bits per heavy atom. The van der Waals surface area contributed by atoms with Gasteiger partial charge in [0.05, 0.1) is 16.4 Å². The molecule has 0 bridgehead atoms. The van der Waals surface area contributed by atoms with Gasteiger partial charge in [0.1, 0.15) is 0 Å². The Balaban J connectivity index is 2.14. The van der Waals surface area contributed by atoms with Crippen molar-refractivity contribution >= 4 is 23.4 Å². The first-order valence-corrected chi connectivity index (χ1v) is 7.35. The maximum absolute atomic E-state index is 12.4. The summed E-state index contributed by atoms with van der Waals surface area (Å²) < 4.78 is 1.60. The number of non-ortho nitro benzene ring substituents is 1. The molecule has 8 heteroatoms. The number of rotatable bonds is 3. The predicted octanol–water partition coefficient (Wildman–Crippen LogP) is 1.03. The Kier molecular flexibility index (Phi) is 4.20. The van der Waals surface area contributed by atoms with Gasteiger partial charge in [-0.25, -0.2) is 0 Å². The van der Waals surface area contributed by atoms with Crippen molar-refractivity contribution in [2.24, 2.45) is 0 Å². The largest absolute Gasteiger partial charge is 0.763 e. The van der Waals surface area contributed by atoms with Crippen LogP contribution in [-0.4, -0.2) is 22.6 Å². The second kappa shape index (κ2) is 6.46. The van der Waals surface area contributed by atoms with Gasteiger partial charge in [0.15, 0.2) is 12.4 Å². The highest BCUT2D eigenvalue weighted by molar-refractivity contribution is 6.14. The van der Waals surface area contributed by atoms with Crippen molar-refractivity contribution in [2.75, 3.05) is 0 Å². The third kappa shape index (κ3) is 2.93. The summed E-state index contributed by atoms with van der Waals surface area (Å²) in [4.78, 5) is 34.8. The summed E-state index contributed by atoms with van der Waals surface area (Å²) in [5.41, 5.74) is 0.249. The monoisotopic (exact) mass is 336 g/mol. The van der Waals surface area contributed by atoms with E-state index in [1.54, 1.807) is 35.2 Å². The molecule has 0 saturated carbocycles. The van der Waals surface area contributed by atoms with Crippen LogP contribution >= 0.6 is 0 Å². The minimum absolute atomic E-state index is 0.113. The maximum Gasteiger partial charge on any atom is 0.296 e. The topological polar surface area (TPSA) is 115 Å². The van der Waals surface area contributed by atoms with Gasteiger partial charge in [-0.2, -0.15) is 4.57 Å². The van der Waals surface area contributed by atoms with Gasteiger partial charge in [0.2, 0.25) is 6.04 Å². The molecule has 3 rings (SSSR count). The number of amides is 2. The summed E-state index contributed by atoms with van der Waals surface area (Å²) in [5.74, 6) is -0.254. The van der Waals surface area contributed by atoms with E-state index in [4.69, 9.17) is 0 Å². The third-order valence-corrected chi connectivity index (χ3v) is 4.02. The molecule has 1 aromatic carbocycles. The first-order valence-electron chi connectivity index (χ1n) is 7.35. The Bertz CT molecular complexity index is 902. The van der Waals surface area contributed by atoms with Crippen LogP contribution < -0.4 is 9.88 Å². The summed E-state index contributed by atoms with van der Waals surface area (Å²) >= 11 is 0. The molecule has 2 amide bonds. The molecule has 1 saturated heterocycles. The molecule has 0 unspecified atom stereocenters. The lowest BCUT2D eigenvalue weighted by atomic mass is 9.81. The smallest absolute Gasteiger partial charge is 0.296 e. The van der Waals surface area contributed by atoms with Crippen molar-refractivity contribution in [1.82, 2.24) is 5.32 Å². The lowest BCUT2D eigenvalue weighted by molar-refractivity contribution is -0.711. The lowest BCUT2D eigenvalue weighted by Crippen LogP contribution is -2.57. The molecule has 0 aliphatic carbocycles. The average molecular weight is 336 g/mol. The van der Waals surface area contributed by atoms with E-state index in [2.05, 4.69) is 5.32 Å². The van der Waals surface area contributed by atoms with E-state index in [1.165, 1.54) is 24.3 Å². The number of carbonyl (C=O) groups excluding carboxylic acids is 2. The van der Waals surface area contributed by atoms with Gasteiger partial charge in [0, 0.05) is 24.3 Å². The van der Waals surface area contributed by atoms with E-state index >= 15 is 0 Å². The molecule has 2 atom stereocenters. The molecule has 1 aliphatic heterocycles. The summed E-state index contributed by atoms with van der Waals surface area (Å²) in [6.07, 6.45) is 3.32. The second-order valence-electron chi connectivity index (χ2n) is 5.44. The number of nitrogens with one attached hydrogen (secondary N) is 1. The molecule has 8 nitrogen and oxygen atoms in total. The van der Waals surface area contributed by atoms with Gasteiger partial charge in [0.25, 0.3) is 17.5 Å². The number of imide groups is 1. The fourth-order valence-electron chi connectivity index (χ4n) is 2.88. The van der Waals surface area contributed by atoms with Crippen LogP contribution in [0, 0.1) is 10.1 Å². The van der Waals surface area contributed by atoms with E-state index in [-0.39, 0.29) is 11.3 Å². The number of nitro benzene ring substituents is 1. The van der Waals surface area contributed by atoms with Crippen LogP contribution in [0.15, 0.2) is 60.4 Å². The number of aromatic nitrogens is 1. The van der Waals surface area contributed by atoms with Crippen LogP contribution in [0.3, 0.4) is 0 Å². The fourth-order valence-corrected chi connectivity index (χ4v) is 2.88. The minimum Gasteiger partial charge on any atom is -0.763 e. The first kappa shape index (κ1) is 16.2. The molecule has 1 aromatic heterocycles. The maximum atomic E-state index is 12.4. The Labute approximate surface area is 142 Å². The number of hydrogen-bond acceptors (Lipinski definition) is 4. The van der Waals surface area contributed by atoms with Gasteiger partial charge in [-0.15, -0.1) is 0 Å². The second-order valence-corrected chi connectivity index (χ2v) is 5.44. The molecule has 25 heavy (non-hydrogen) atoms. The SMILES string of the molecule is [N-]=C=C1C(=O)NC(=O)[C@H]([n+]2ccccc2)[C@H]1c1ccc([N+](=O)[O-])cc1. The van der Waals surface area contributed by atoms with Crippen LogP contribution in [0.5, 0.6) is 0 Å². The number of piperidine rings is 1. The van der Waals surface area contributed by atoms with Gasteiger partial charge in [-0.1, -0.05) is 18.2 Å². The van der Waals surface area contributed by atoms with Crippen LogP contribution in [-0.2, 0) is 9.59 Å². The summed E-state index contributed by atoms with van der Waals surface area (Å²) in [6.45, 7) is 0. The molecular formula is C17H12N4O4. The van der Waals surface area contributed by atoms with Gasteiger partial charge in [-0.3, -0.25) is 30.9 Å². The van der Waals surface area contributed by atoms with Gasteiger partial charge < -0.3 is 5.41 Å². The quantitative estimate of drug-likeness (QED) is 0.225. The zero-order valence-corrected chi connectivity index (χ0v) is 12.8. The van der Waals surface area contributed by atoms with E-state index in [1.807, 2.05) is 5.87 Å². The lowest BCUT2D eigenvalue weighted by Gasteiger charge is -2.28. The Hall–Kier alpha value is -3.64. The molecule has 0 spiro atoms. The first-order chi connectivity index (χ1) is 12.0. The molecule has 2 aromatic rings. The van der Waals surface area contributed by atoms with Gasteiger partial charge in [-0.05, 0) is 5.56 Å². The molecule has 1 fully saturated rings.